The molecule has 1 aromatic rings. The Bertz CT molecular complexity index is 453. The number of carbonyl (C=O) groups excluding carboxylic acids is 1. The summed E-state index contributed by atoms with van der Waals surface area (Å²) in [6.45, 7) is 6.45. The fraction of sp³-hybridized carbons (Fsp3) is 0.533. The quantitative estimate of drug-likeness (QED) is 0.805. The maximum absolute atomic E-state index is 11.8. The van der Waals surface area contributed by atoms with Crippen LogP contribution in [0.2, 0.25) is 5.02 Å². The van der Waals surface area contributed by atoms with E-state index in [1.165, 1.54) is 0 Å². The minimum atomic E-state index is -0.166. The summed E-state index contributed by atoms with van der Waals surface area (Å²) in [6, 6.07) is 5.37. The van der Waals surface area contributed by atoms with Gasteiger partial charge >= 0.3 is 0 Å². The average Bonchev–Trinajstić information content (AvgIpc) is 2.39. The van der Waals surface area contributed by atoms with Crippen LogP contribution in [0, 0.1) is 12.8 Å². The molecule has 0 heterocycles. The van der Waals surface area contributed by atoms with Crippen LogP contribution >= 0.6 is 24.0 Å². The summed E-state index contributed by atoms with van der Waals surface area (Å²) in [5, 5.41) is 3.51. The Morgan fingerprint density at radius 1 is 1.43 bits per heavy atom. The molecule has 0 spiro atoms. The molecule has 1 rings (SSSR count). The third-order valence-electron chi connectivity index (χ3n) is 2.98. The first kappa shape index (κ1) is 20.0. The summed E-state index contributed by atoms with van der Waals surface area (Å²) in [4.78, 5) is 11.8. The van der Waals surface area contributed by atoms with E-state index in [9.17, 15) is 4.79 Å². The van der Waals surface area contributed by atoms with Crippen LogP contribution in [0.4, 0.5) is 0 Å². The minimum Gasteiger partial charge on any atom is -0.483 e. The number of halogens is 2. The molecule has 1 atom stereocenters. The first-order chi connectivity index (χ1) is 9.43. The Kier molecular flexibility index (Phi) is 9.42. The van der Waals surface area contributed by atoms with Gasteiger partial charge in [-0.15, -0.1) is 12.4 Å². The Labute approximate surface area is 137 Å². The average molecular weight is 335 g/mol. The van der Waals surface area contributed by atoms with Gasteiger partial charge in [0.25, 0.3) is 5.91 Å². The van der Waals surface area contributed by atoms with Gasteiger partial charge in [-0.25, -0.2) is 0 Å². The summed E-state index contributed by atoms with van der Waals surface area (Å²) >= 11 is 6.00. The van der Waals surface area contributed by atoms with E-state index < -0.39 is 0 Å². The molecule has 6 heteroatoms. The van der Waals surface area contributed by atoms with E-state index in [-0.39, 0.29) is 31.0 Å². The normalized spacial score (nSPS) is 11.7. The number of hydrogen-bond acceptors (Lipinski definition) is 3. The predicted octanol–water partition coefficient (Wildman–Crippen LogP) is 2.94. The van der Waals surface area contributed by atoms with Crippen molar-refractivity contribution in [2.45, 2.75) is 33.2 Å². The zero-order chi connectivity index (χ0) is 15.1. The number of amides is 1. The Hall–Kier alpha value is -0.970. The van der Waals surface area contributed by atoms with Crippen molar-refractivity contribution in [3.63, 3.8) is 0 Å². The first-order valence-corrected chi connectivity index (χ1v) is 7.19. The van der Waals surface area contributed by atoms with Crippen molar-refractivity contribution in [2.24, 2.45) is 11.7 Å². The fourth-order valence-electron chi connectivity index (χ4n) is 1.94. The van der Waals surface area contributed by atoms with Crippen molar-refractivity contribution in [1.29, 1.82) is 0 Å². The molecular formula is C15H24Cl2N2O2. The van der Waals surface area contributed by atoms with Crippen molar-refractivity contribution >= 4 is 29.9 Å². The maximum atomic E-state index is 11.8. The van der Waals surface area contributed by atoms with Gasteiger partial charge in [-0.05, 0) is 31.4 Å². The number of hydrogen-bond donors (Lipinski definition) is 2. The number of carbonyl (C=O) groups is 1. The zero-order valence-corrected chi connectivity index (χ0v) is 14.3. The standard InChI is InChI=1S/C15H23ClN2O2.ClH/c1-10(2)7-12(8-17)18-15(19)9-20-14-6-4-5-13(16)11(14)3;/h4-6,10,12H,7-9,17H2,1-3H3,(H,18,19);1H. The van der Waals surface area contributed by atoms with Crippen molar-refractivity contribution < 1.29 is 9.53 Å². The van der Waals surface area contributed by atoms with Crippen molar-refractivity contribution in [2.75, 3.05) is 13.2 Å². The molecule has 0 saturated heterocycles. The van der Waals surface area contributed by atoms with Crippen LogP contribution in [0.25, 0.3) is 0 Å². The molecular weight excluding hydrogens is 311 g/mol. The maximum Gasteiger partial charge on any atom is 0.258 e. The SMILES string of the molecule is Cc1c(Cl)cccc1OCC(=O)NC(CN)CC(C)C.Cl. The van der Waals surface area contributed by atoms with E-state index in [1.807, 2.05) is 6.92 Å². The lowest BCUT2D eigenvalue weighted by Gasteiger charge is -2.19. The monoisotopic (exact) mass is 334 g/mol. The van der Waals surface area contributed by atoms with Crippen molar-refractivity contribution in [3.05, 3.63) is 28.8 Å². The first-order valence-electron chi connectivity index (χ1n) is 6.81. The third-order valence-corrected chi connectivity index (χ3v) is 3.39. The zero-order valence-electron chi connectivity index (χ0n) is 12.7. The van der Waals surface area contributed by atoms with Gasteiger partial charge in [0.05, 0.1) is 0 Å². The van der Waals surface area contributed by atoms with Crippen molar-refractivity contribution in [1.82, 2.24) is 5.32 Å². The second-order valence-electron chi connectivity index (χ2n) is 5.28. The van der Waals surface area contributed by atoms with Gasteiger partial charge in [0.1, 0.15) is 5.75 Å². The molecule has 21 heavy (non-hydrogen) atoms. The smallest absolute Gasteiger partial charge is 0.258 e. The molecule has 0 radical (unpaired) electrons. The van der Waals surface area contributed by atoms with Crippen LogP contribution < -0.4 is 15.8 Å². The van der Waals surface area contributed by atoms with E-state index in [2.05, 4.69) is 19.2 Å². The van der Waals surface area contributed by atoms with Gasteiger partial charge in [0, 0.05) is 23.2 Å². The van der Waals surface area contributed by atoms with Crippen LogP contribution in [0.15, 0.2) is 18.2 Å². The predicted molar refractivity (Wildman–Crippen MR) is 89.4 cm³/mol. The van der Waals surface area contributed by atoms with E-state index in [0.717, 1.165) is 12.0 Å². The molecule has 4 nitrogen and oxygen atoms in total. The molecule has 120 valence electrons. The van der Waals surface area contributed by atoms with E-state index in [0.29, 0.717) is 23.2 Å². The van der Waals surface area contributed by atoms with E-state index in [1.54, 1.807) is 18.2 Å². The van der Waals surface area contributed by atoms with Crippen LogP contribution in [0.3, 0.4) is 0 Å². The van der Waals surface area contributed by atoms with Gasteiger partial charge in [0.15, 0.2) is 6.61 Å². The minimum absolute atomic E-state index is 0. The fourth-order valence-corrected chi connectivity index (χ4v) is 2.11. The van der Waals surface area contributed by atoms with Gasteiger partial charge in [-0.1, -0.05) is 31.5 Å². The van der Waals surface area contributed by atoms with Crippen LogP contribution in [-0.4, -0.2) is 25.1 Å². The molecule has 1 unspecified atom stereocenters. The lowest BCUT2D eigenvalue weighted by Crippen LogP contribution is -2.43. The van der Waals surface area contributed by atoms with Crippen LogP contribution in [-0.2, 0) is 4.79 Å². The number of rotatable bonds is 7. The highest BCUT2D eigenvalue weighted by Gasteiger charge is 2.13. The van der Waals surface area contributed by atoms with Gasteiger partial charge in [-0.3, -0.25) is 4.79 Å². The third kappa shape index (κ3) is 7.02. The van der Waals surface area contributed by atoms with Crippen LogP contribution in [0.5, 0.6) is 5.75 Å². The largest absolute Gasteiger partial charge is 0.483 e. The second-order valence-corrected chi connectivity index (χ2v) is 5.69. The summed E-state index contributed by atoms with van der Waals surface area (Å²) in [7, 11) is 0. The second kappa shape index (κ2) is 9.87. The molecule has 0 fully saturated rings. The lowest BCUT2D eigenvalue weighted by atomic mass is 10.0. The number of benzene rings is 1. The summed E-state index contributed by atoms with van der Waals surface area (Å²) in [5.41, 5.74) is 6.48. The Morgan fingerprint density at radius 3 is 2.67 bits per heavy atom. The molecule has 1 amide bonds. The van der Waals surface area contributed by atoms with E-state index in [4.69, 9.17) is 22.1 Å². The molecule has 0 aliphatic heterocycles. The molecule has 0 aliphatic rings. The topological polar surface area (TPSA) is 64.3 Å². The Balaban J connectivity index is 0.00000400. The van der Waals surface area contributed by atoms with Gasteiger partial charge < -0.3 is 15.8 Å². The van der Waals surface area contributed by atoms with Gasteiger partial charge in [0.2, 0.25) is 0 Å². The van der Waals surface area contributed by atoms with Crippen molar-refractivity contribution in [3.8, 4) is 5.75 Å². The molecule has 0 bridgehead atoms. The number of nitrogens with one attached hydrogen (secondary N) is 1. The molecule has 0 aliphatic carbocycles. The summed E-state index contributed by atoms with van der Waals surface area (Å²) < 4.78 is 5.49. The molecule has 3 N–H and O–H groups in total. The highest BCUT2D eigenvalue weighted by atomic mass is 35.5. The summed E-state index contributed by atoms with van der Waals surface area (Å²) in [5.74, 6) is 0.946. The number of ether oxygens (including phenoxy) is 1. The Morgan fingerprint density at radius 2 is 2.10 bits per heavy atom. The van der Waals surface area contributed by atoms with E-state index >= 15 is 0 Å². The molecule has 0 aromatic heterocycles. The molecule has 0 saturated carbocycles. The number of nitrogens with two attached hydrogens (primary N) is 1. The summed E-state index contributed by atoms with van der Waals surface area (Å²) in [6.07, 6.45) is 0.860. The molecule has 1 aromatic carbocycles. The van der Waals surface area contributed by atoms with Gasteiger partial charge in [-0.2, -0.15) is 0 Å². The van der Waals surface area contributed by atoms with Crippen LogP contribution in [0.1, 0.15) is 25.8 Å². The highest BCUT2D eigenvalue weighted by Crippen LogP contribution is 2.24. The lowest BCUT2D eigenvalue weighted by molar-refractivity contribution is -0.123. The highest BCUT2D eigenvalue weighted by molar-refractivity contribution is 6.31.